The first-order valence-electron chi connectivity index (χ1n) is 8.28. The number of hydrogen-bond acceptors (Lipinski definition) is 5. The maximum Gasteiger partial charge on any atom is 0.340 e. The summed E-state index contributed by atoms with van der Waals surface area (Å²) in [6.07, 6.45) is 0. The predicted molar refractivity (Wildman–Crippen MR) is 107 cm³/mol. The summed E-state index contributed by atoms with van der Waals surface area (Å²) in [4.78, 5) is 24.1. The number of nitrogens with one attached hydrogen (secondary N) is 1. The van der Waals surface area contributed by atoms with Crippen molar-refractivity contribution in [1.29, 1.82) is 0 Å². The van der Waals surface area contributed by atoms with E-state index >= 15 is 0 Å². The van der Waals surface area contributed by atoms with Crippen LogP contribution in [0.1, 0.15) is 36.7 Å². The number of rotatable bonds is 5. The van der Waals surface area contributed by atoms with Crippen LogP contribution in [-0.4, -0.2) is 26.9 Å². The lowest BCUT2D eigenvalue weighted by Crippen LogP contribution is -2.23. The van der Waals surface area contributed by atoms with E-state index in [-0.39, 0.29) is 20.9 Å². The topological polar surface area (TPSA) is 116 Å². The van der Waals surface area contributed by atoms with Gasteiger partial charge in [-0.2, -0.15) is 0 Å². The van der Waals surface area contributed by atoms with Crippen molar-refractivity contribution < 1.29 is 22.7 Å². The summed E-state index contributed by atoms with van der Waals surface area (Å²) < 4.78 is 27.8. The molecule has 0 unspecified atom stereocenters. The Kier molecular flexibility index (Phi) is 6.48. The highest BCUT2D eigenvalue weighted by atomic mass is 35.5. The summed E-state index contributed by atoms with van der Waals surface area (Å²) in [5.74, 6) is -1.47. The van der Waals surface area contributed by atoms with Gasteiger partial charge in [0.1, 0.15) is 0 Å². The number of amides is 1. The number of sulfonamides is 1. The average Bonchev–Trinajstić information content (AvgIpc) is 2.58. The van der Waals surface area contributed by atoms with Crippen molar-refractivity contribution in [2.75, 3.05) is 11.9 Å². The fourth-order valence-electron chi connectivity index (χ4n) is 2.48. The van der Waals surface area contributed by atoms with E-state index < -0.39 is 28.5 Å². The molecule has 0 aromatic heterocycles. The zero-order valence-electron chi connectivity index (χ0n) is 15.7. The molecule has 0 saturated carbocycles. The van der Waals surface area contributed by atoms with Crippen molar-refractivity contribution >= 4 is 39.2 Å². The van der Waals surface area contributed by atoms with Crippen molar-refractivity contribution in [3.8, 4) is 0 Å². The monoisotopic (exact) mass is 424 g/mol. The second-order valence-electron chi connectivity index (χ2n) is 7.11. The summed E-state index contributed by atoms with van der Waals surface area (Å²) in [6, 6.07) is 10.7. The van der Waals surface area contributed by atoms with E-state index in [1.54, 1.807) is 12.1 Å². The van der Waals surface area contributed by atoms with E-state index in [1.807, 2.05) is 32.9 Å². The average molecular weight is 425 g/mol. The third kappa shape index (κ3) is 5.54. The second-order valence-corrected chi connectivity index (χ2v) is 9.08. The van der Waals surface area contributed by atoms with Gasteiger partial charge < -0.3 is 10.1 Å². The number of nitrogens with two attached hydrogens (primary N) is 1. The number of primary sulfonamides is 1. The molecule has 0 spiro atoms. The third-order valence-corrected chi connectivity index (χ3v) is 5.07. The molecule has 0 atom stereocenters. The first-order valence-corrected chi connectivity index (χ1v) is 10.2. The van der Waals surface area contributed by atoms with Gasteiger partial charge in [0.2, 0.25) is 10.0 Å². The zero-order chi connectivity index (χ0) is 21.1. The number of carbonyl (C=O) groups excluding carboxylic acids is 2. The Morgan fingerprint density at radius 2 is 1.79 bits per heavy atom. The molecule has 0 aliphatic carbocycles. The van der Waals surface area contributed by atoms with Gasteiger partial charge in [0.15, 0.2) is 6.61 Å². The lowest BCUT2D eigenvalue weighted by molar-refractivity contribution is -0.119. The first kappa shape index (κ1) is 21.9. The number of ether oxygens (including phenoxy) is 1. The van der Waals surface area contributed by atoms with Crippen molar-refractivity contribution in [3.63, 3.8) is 0 Å². The number of esters is 1. The molecule has 0 bridgehead atoms. The maximum atomic E-state index is 12.2. The second kappa shape index (κ2) is 8.30. The Labute approximate surface area is 168 Å². The fraction of sp³-hybridized carbons (Fsp3) is 0.263. The van der Waals surface area contributed by atoms with Crippen LogP contribution in [0.5, 0.6) is 0 Å². The van der Waals surface area contributed by atoms with Gasteiger partial charge in [-0.05, 0) is 35.2 Å². The molecule has 28 heavy (non-hydrogen) atoms. The Morgan fingerprint density at radius 3 is 2.39 bits per heavy atom. The molecule has 2 rings (SSSR count). The number of benzene rings is 2. The Hall–Kier alpha value is -2.42. The SMILES string of the molecule is CC(C)(C)c1ccccc1NC(=O)COC(=O)c1cc(S(N)(=O)=O)ccc1Cl. The van der Waals surface area contributed by atoms with Gasteiger partial charge in [0.25, 0.3) is 5.91 Å². The molecule has 3 N–H and O–H groups in total. The van der Waals surface area contributed by atoms with Crippen LogP contribution in [-0.2, 0) is 25.0 Å². The van der Waals surface area contributed by atoms with Gasteiger partial charge in [-0.15, -0.1) is 0 Å². The van der Waals surface area contributed by atoms with Crippen LogP contribution in [0.15, 0.2) is 47.4 Å². The first-order chi connectivity index (χ1) is 12.9. The number of hydrogen-bond donors (Lipinski definition) is 2. The molecule has 2 aromatic rings. The van der Waals surface area contributed by atoms with Crippen LogP contribution >= 0.6 is 11.6 Å². The quantitative estimate of drug-likeness (QED) is 0.715. The van der Waals surface area contributed by atoms with Crippen LogP contribution in [0, 0.1) is 0 Å². The molecule has 7 nitrogen and oxygen atoms in total. The molecular formula is C19H21ClN2O5S. The minimum absolute atomic E-state index is 0.0177. The predicted octanol–water partition coefficient (Wildman–Crippen LogP) is 3.08. The van der Waals surface area contributed by atoms with Crippen molar-refractivity contribution in [2.24, 2.45) is 5.14 Å². The molecule has 1 amide bonds. The van der Waals surface area contributed by atoms with Gasteiger partial charge in [-0.25, -0.2) is 18.4 Å². The number of para-hydroxylation sites is 1. The lowest BCUT2D eigenvalue weighted by Gasteiger charge is -2.23. The van der Waals surface area contributed by atoms with Gasteiger partial charge in [0.05, 0.1) is 15.5 Å². The van der Waals surface area contributed by atoms with Gasteiger partial charge >= 0.3 is 5.97 Å². The highest BCUT2D eigenvalue weighted by Crippen LogP contribution is 2.29. The van der Waals surface area contributed by atoms with Crippen LogP contribution in [0.2, 0.25) is 5.02 Å². The molecule has 150 valence electrons. The highest BCUT2D eigenvalue weighted by Gasteiger charge is 2.20. The molecule has 0 fully saturated rings. The smallest absolute Gasteiger partial charge is 0.340 e. The summed E-state index contributed by atoms with van der Waals surface area (Å²) >= 11 is 5.92. The number of anilines is 1. The molecule has 9 heteroatoms. The van der Waals surface area contributed by atoms with Gasteiger partial charge in [-0.3, -0.25) is 4.79 Å². The molecule has 0 heterocycles. The highest BCUT2D eigenvalue weighted by molar-refractivity contribution is 7.89. The van der Waals surface area contributed by atoms with E-state index in [0.717, 1.165) is 11.6 Å². The van der Waals surface area contributed by atoms with Crippen LogP contribution in [0.3, 0.4) is 0 Å². The third-order valence-electron chi connectivity index (χ3n) is 3.83. The molecule has 0 radical (unpaired) electrons. The summed E-state index contributed by atoms with van der Waals surface area (Å²) in [5.41, 5.74) is 1.15. The standard InChI is InChI=1S/C19H21ClN2O5S/c1-19(2,3)14-6-4-5-7-16(14)22-17(23)11-27-18(24)13-10-12(28(21,25)26)8-9-15(13)20/h4-10H,11H2,1-3H3,(H,22,23)(H2,21,25,26). The Balaban J connectivity index is 2.09. The van der Waals surface area contributed by atoms with Gasteiger partial charge in [-0.1, -0.05) is 50.6 Å². The van der Waals surface area contributed by atoms with Gasteiger partial charge in [0, 0.05) is 5.69 Å². The van der Waals surface area contributed by atoms with Crippen molar-refractivity contribution in [1.82, 2.24) is 0 Å². The Morgan fingerprint density at radius 1 is 1.14 bits per heavy atom. The van der Waals surface area contributed by atoms with E-state index in [4.69, 9.17) is 21.5 Å². The fourth-order valence-corrected chi connectivity index (χ4v) is 3.21. The van der Waals surface area contributed by atoms with Crippen LogP contribution in [0.4, 0.5) is 5.69 Å². The van der Waals surface area contributed by atoms with E-state index in [0.29, 0.717) is 5.69 Å². The molecule has 0 aliphatic heterocycles. The van der Waals surface area contributed by atoms with E-state index in [2.05, 4.69) is 5.32 Å². The lowest BCUT2D eigenvalue weighted by atomic mass is 9.86. The Bertz CT molecular complexity index is 1010. The van der Waals surface area contributed by atoms with Crippen molar-refractivity contribution in [3.05, 3.63) is 58.6 Å². The largest absolute Gasteiger partial charge is 0.452 e. The summed E-state index contributed by atoms with van der Waals surface area (Å²) in [5, 5.41) is 7.74. The summed E-state index contributed by atoms with van der Waals surface area (Å²) in [7, 11) is -4.01. The molecule has 0 saturated heterocycles. The normalized spacial score (nSPS) is 11.8. The zero-order valence-corrected chi connectivity index (χ0v) is 17.2. The van der Waals surface area contributed by atoms with E-state index in [9.17, 15) is 18.0 Å². The van der Waals surface area contributed by atoms with Crippen LogP contribution in [0.25, 0.3) is 0 Å². The van der Waals surface area contributed by atoms with Crippen molar-refractivity contribution in [2.45, 2.75) is 31.1 Å². The minimum atomic E-state index is -4.01. The molecule has 2 aromatic carbocycles. The number of carbonyl (C=O) groups is 2. The summed E-state index contributed by atoms with van der Waals surface area (Å²) in [6.45, 7) is 5.47. The molecule has 0 aliphatic rings. The van der Waals surface area contributed by atoms with Crippen LogP contribution < -0.4 is 10.5 Å². The van der Waals surface area contributed by atoms with E-state index in [1.165, 1.54) is 12.1 Å². The number of halogens is 1. The minimum Gasteiger partial charge on any atom is -0.452 e. The maximum absolute atomic E-state index is 12.2. The molecular weight excluding hydrogens is 404 g/mol.